The number of nitrogens with zero attached hydrogens (tertiary/aromatic N) is 2. The summed E-state index contributed by atoms with van der Waals surface area (Å²) in [6.07, 6.45) is 3.23. The molecular weight excluding hydrogens is 262 g/mol. The number of hydrogen-bond donors (Lipinski definition) is 1. The lowest BCUT2D eigenvalue weighted by Gasteiger charge is -2.06. The van der Waals surface area contributed by atoms with E-state index in [0.717, 1.165) is 34.8 Å². The van der Waals surface area contributed by atoms with Crippen molar-refractivity contribution in [1.82, 2.24) is 9.97 Å². The number of hydrogen-bond acceptors (Lipinski definition) is 5. The highest BCUT2D eigenvalue weighted by atomic mass is 35.5. The molecule has 2 rings (SSSR count). The van der Waals surface area contributed by atoms with Gasteiger partial charge in [-0.1, -0.05) is 0 Å². The van der Waals surface area contributed by atoms with E-state index in [1.165, 1.54) is 0 Å². The first-order valence-corrected chi connectivity index (χ1v) is 7.60. The van der Waals surface area contributed by atoms with Gasteiger partial charge in [0.25, 0.3) is 0 Å². The fourth-order valence-corrected chi connectivity index (χ4v) is 2.80. The summed E-state index contributed by atoms with van der Waals surface area (Å²) in [6.45, 7) is 0.916. The van der Waals surface area contributed by atoms with Crippen LogP contribution in [-0.2, 0) is 0 Å². The molecule has 0 aromatic carbocycles. The van der Waals surface area contributed by atoms with E-state index in [1.807, 2.05) is 23.2 Å². The van der Waals surface area contributed by atoms with Crippen LogP contribution in [0.3, 0.4) is 0 Å². The van der Waals surface area contributed by atoms with E-state index in [1.54, 1.807) is 11.3 Å². The normalized spacial score (nSPS) is 10.9. The molecule has 2 heterocycles. The predicted molar refractivity (Wildman–Crippen MR) is 73.9 cm³/mol. The fourth-order valence-electron chi connectivity index (χ4n) is 1.39. The molecule has 0 atom stereocenters. The zero-order valence-electron chi connectivity index (χ0n) is 8.86. The second-order valence-corrected chi connectivity index (χ2v) is 5.47. The molecule has 0 fully saturated rings. The summed E-state index contributed by atoms with van der Waals surface area (Å²) in [5.74, 6) is 2.00. The number of thioether (sulfide) groups is 1. The van der Waals surface area contributed by atoms with Gasteiger partial charge in [0.2, 0.25) is 5.28 Å². The third-order valence-electron chi connectivity index (χ3n) is 2.12. The Balaban J connectivity index is 2.12. The lowest BCUT2D eigenvalue weighted by Crippen LogP contribution is -2.05. The van der Waals surface area contributed by atoms with Crippen LogP contribution in [0, 0.1) is 0 Å². The summed E-state index contributed by atoms with van der Waals surface area (Å²) in [5.41, 5.74) is 0. The Hall–Kier alpha value is -0.520. The van der Waals surface area contributed by atoms with Crippen LogP contribution in [0.2, 0.25) is 5.28 Å². The molecule has 86 valence electrons. The maximum absolute atomic E-state index is 5.86. The fraction of sp³-hybridized carbons (Fsp3) is 0.400. The SMILES string of the molecule is CSCCCNc1nc(Cl)nc2sccc12. The van der Waals surface area contributed by atoms with Crippen LogP contribution in [0.4, 0.5) is 5.82 Å². The van der Waals surface area contributed by atoms with Crippen molar-refractivity contribution in [3.05, 3.63) is 16.7 Å². The molecule has 0 aliphatic rings. The Morgan fingerprint density at radius 1 is 1.50 bits per heavy atom. The molecule has 0 saturated carbocycles. The summed E-state index contributed by atoms with van der Waals surface area (Å²) in [7, 11) is 0. The molecule has 0 aliphatic heterocycles. The largest absolute Gasteiger partial charge is 0.369 e. The molecule has 0 saturated heterocycles. The Labute approximate surface area is 108 Å². The molecule has 0 aliphatic carbocycles. The van der Waals surface area contributed by atoms with E-state index in [-0.39, 0.29) is 0 Å². The van der Waals surface area contributed by atoms with Crippen LogP contribution < -0.4 is 5.32 Å². The Morgan fingerprint density at radius 3 is 3.19 bits per heavy atom. The van der Waals surface area contributed by atoms with Gasteiger partial charge in [0.05, 0.1) is 5.39 Å². The average Bonchev–Trinajstić information content (AvgIpc) is 2.72. The van der Waals surface area contributed by atoms with Crippen LogP contribution in [0.25, 0.3) is 10.2 Å². The Kier molecular flexibility index (Phi) is 4.26. The number of nitrogens with one attached hydrogen (secondary N) is 1. The highest BCUT2D eigenvalue weighted by molar-refractivity contribution is 7.98. The molecule has 0 amide bonds. The monoisotopic (exact) mass is 273 g/mol. The molecule has 0 spiro atoms. The third-order valence-corrected chi connectivity index (χ3v) is 3.79. The number of anilines is 1. The van der Waals surface area contributed by atoms with Crippen LogP contribution in [0.15, 0.2) is 11.4 Å². The van der Waals surface area contributed by atoms with E-state index < -0.39 is 0 Å². The number of rotatable bonds is 5. The number of fused-ring (bicyclic) bond motifs is 1. The highest BCUT2D eigenvalue weighted by Crippen LogP contribution is 2.26. The van der Waals surface area contributed by atoms with Crippen LogP contribution in [0.5, 0.6) is 0 Å². The predicted octanol–water partition coefficient (Wildman–Crippen LogP) is 3.51. The van der Waals surface area contributed by atoms with Crippen molar-refractivity contribution in [3.8, 4) is 0 Å². The molecule has 2 aromatic heterocycles. The zero-order valence-corrected chi connectivity index (χ0v) is 11.3. The molecule has 1 N–H and O–H groups in total. The van der Waals surface area contributed by atoms with Gasteiger partial charge in [-0.05, 0) is 41.5 Å². The molecule has 0 unspecified atom stereocenters. The van der Waals surface area contributed by atoms with E-state index >= 15 is 0 Å². The van der Waals surface area contributed by atoms with Gasteiger partial charge in [-0.2, -0.15) is 11.8 Å². The second kappa shape index (κ2) is 5.70. The van der Waals surface area contributed by atoms with Gasteiger partial charge in [-0.3, -0.25) is 0 Å². The van der Waals surface area contributed by atoms with Gasteiger partial charge >= 0.3 is 0 Å². The summed E-state index contributed by atoms with van der Waals surface area (Å²) >= 11 is 9.29. The van der Waals surface area contributed by atoms with Gasteiger partial charge < -0.3 is 5.32 Å². The standard InChI is InChI=1S/C10H12ClN3S2/c1-15-5-2-4-12-8-7-3-6-16-9(7)14-10(11)13-8/h3,6H,2,4-5H2,1H3,(H,12,13,14). The van der Waals surface area contributed by atoms with Gasteiger partial charge in [0.15, 0.2) is 0 Å². The molecular formula is C10H12ClN3S2. The lowest BCUT2D eigenvalue weighted by molar-refractivity contribution is 0.982. The van der Waals surface area contributed by atoms with Crippen molar-refractivity contribution in [2.24, 2.45) is 0 Å². The molecule has 0 bridgehead atoms. The molecule has 16 heavy (non-hydrogen) atoms. The number of halogens is 1. The molecule has 3 nitrogen and oxygen atoms in total. The van der Waals surface area contributed by atoms with Crippen LogP contribution in [0.1, 0.15) is 6.42 Å². The van der Waals surface area contributed by atoms with Crippen LogP contribution >= 0.6 is 34.7 Å². The van der Waals surface area contributed by atoms with Gasteiger partial charge in [0, 0.05) is 6.54 Å². The van der Waals surface area contributed by atoms with E-state index in [0.29, 0.717) is 5.28 Å². The van der Waals surface area contributed by atoms with Gasteiger partial charge in [-0.25, -0.2) is 9.97 Å². The summed E-state index contributed by atoms with van der Waals surface area (Å²) in [4.78, 5) is 9.32. The minimum absolute atomic E-state index is 0.308. The summed E-state index contributed by atoms with van der Waals surface area (Å²) in [6, 6.07) is 2.02. The maximum atomic E-state index is 5.86. The smallest absolute Gasteiger partial charge is 0.225 e. The minimum atomic E-state index is 0.308. The quantitative estimate of drug-likeness (QED) is 0.668. The van der Waals surface area contributed by atoms with Gasteiger partial charge in [-0.15, -0.1) is 11.3 Å². The average molecular weight is 274 g/mol. The first-order chi connectivity index (χ1) is 7.81. The number of aromatic nitrogens is 2. The van der Waals surface area contributed by atoms with Crippen LogP contribution in [-0.4, -0.2) is 28.5 Å². The first-order valence-electron chi connectivity index (χ1n) is 4.95. The highest BCUT2D eigenvalue weighted by Gasteiger charge is 2.06. The number of thiophene rings is 1. The topological polar surface area (TPSA) is 37.8 Å². The van der Waals surface area contributed by atoms with Crippen molar-refractivity contribution in [2.75, 3.05) is 23.9 Å². The third kappa shape index (κ3) is 2.78. The molecule has 2 aromatic rings. The van der Waals surface area contributed by atoms with Crippen molar-refractivity contribution in [2.45, 2.75) is 6.42 Å². The van der Waals surface area contributed by atoms with E-state index in [9.17, 15) is 0 Å². The first kappa shape index (κ1) is 12.0. The second-order valence-electron chi connectivity index (χ2n) is 3.25. The summed E-state index contributed by atoms with van der Waals surface area (Å²) in [5, 5.41) is 6.67. The Bertz CT molecular complexity index is 472. The lowest BCUT2D eigenvalue weighted by atomic mass is 10.3. The van der Waals surface area contributed by atoms with Gasteiger partial charge in [0.1, 0.15) is 10.6 Å². The van der Waals surface area contributed by atoms with Crippen molar-refractivity contribution < 1.29 is 0 Å². The van der Waals surface area contributed by atoms with Crippen molar-refractivity contribution in [3.63, 3.8) is 0 Å². The van der Waals surface area contributed by atoms with E-state index in [2.05, 4.69) is 21.5 Å². The van der Waals surface area contributed by atoms with E-state index in [4.69, 9.17) is 11.6 Å². The van der Waals surface area contributed by atoms with Crippen molar-refractivity contribution in [1.29, 1.82) is 0 Å². The molecule has 6 heteroatoms. The molecule has 0 radical (unpaired) electrons. The zero-order chi connectivity index (χ0) is 11.4. The maximum Gasteiger partial charge on any atom is 0.225 e. The minimum Gasteiger partial charge on any atom is -0.369 e. The summed E-state index contributed by atoms with van der Waals surface area (Å²) < 4.78 is 0. The van der Waals surface area contributed by atoms with Crippen molar-refractivity contribution >= 4 is 50.7 Å². The Morgan fingerprint density at radius 2 is 2.38 bits per heavy atom.